The average Bonchev–Trinajstić information content (AvgIpc) is 2.89. The molecule has 30 heavy (non-hydrogen) atoms. The van der Waals surface area contributed by atoms with Gasteiger partial charge in [-0.3, -0.25) is 4.79 Å². The van der Waals surface area contributed by atoms with Gasteiger partial charge in [-0.25, -0.2) is 18.4 Å². The van der Waals surface area contributed by atoms with Crippen LogP contribution in [0.25, 0.3) is 0 Å². The molecule has 3 heterocycles. The second-order valence-electron chi connectivity index (χ2n) is 9.30. The number of piperidine rings is 1. The summed E-state index contributed by atoms with van der Waals surface area (Å²) in [5.41, 5.74) is -0.365. The molecule has 1 amide bonds. The van der Waals surface area contributed by atoms with Crippen molar-refractivity contribution in [3.05, 3.63) is 12.4 Å². The number of likely N-dealkylation sites (tertiary alicyclic amines) is 1. The second kappa shape index (κ2) is 8.55. The van der Waals surface area contributed by atoms with Crippen LogP contribution in [-0.4, -0.2) is 66.4 Å². The normalized spacial score (nSPS) is 21.8. The van der Waals surface area contributed by atoms with Crippen LogP contribution in [0.3, 0.4) is 0 Å². The predicted octanol–water partition coefficient (Wildman–Crippen LogP) is 1.59. The number of hydrogen-bond acceptors (Lipinski definition) is 7. The third-order valence-electron chi connectivity index (χ3n) is 6.54. The van der Waals surface area contributed by atoms with Gasteiger partial charge in [-0.05, 0) is 59.3 Å². The number of carbonyl (C=O) groups excluding carboxylic acids is 1. The summed E-state index contributed by atoms with van der Waals surface area (Å²) in [5.74, 6) is 0.593. The lowest BCUT2D eigenvalue weighted by Crippen LogP contribution is -2.41. The molecule has 0 aliphatic carbocycles. The Labute approximate surface area is 179 Å². The van der Waals surface area contributed by atoms with Crippen LogP contribution >= 0.6 is 0 Å². The highest BCUT2D eigenvalue weighted by atomic mass is 32.2. The first-order chi connectivity index (χ1) is 13.9. The molecule has 0 radical (unpaired) electrons. The van der Waals surface area contributed by atoms with E-state index in [4.69, 9.17) is 9.31 Å². The van der Waals surface area contributed by atoms with Gasteiger partial charge in [0.15, 0.2) is 0 Å². The summed E-state index contributed by atoms with van der Waals surface area (Å²) >= 11 is 0. The maximum Gasteiger partial charge on any atom is 0.498 e. The topological polar surface area (TPSA) is 98.7 Å². The number of rotatable bonds is 6. The minimum absolute atomic E-state index is 0.0236. The van der Waals surface area contributed by atoms with Crippen molar-refractivity contribution in [2.75, 3.05) is 18.8 Å². The van der Waals surface area contributed by atoms with Crippen LogP contribution in [0.1, 0.15) is 60.3 Å². The zero-order chi connectivity index (χ0) is 22.2. The Kier molecular flexibility index (Phi) is 6.60. The Morgan fingerprint density at radius 1 is 1.13 bits per heavy atom. The number of nitrogens with zero attached hydrogens (tertiary/aromatic N) is 3. The summed E-state index contributed by atoms with van der Waals surface area (Å²) in [4.78, 5) is 21.4. The molecular weight excluding hydrogens is 405 g/mol. The standard InChI is InChI=1S/C20H32BN3O5S/c1-15(25)24-10-8-16(9-11-24)7-6-12-30(26,27)18-22-13-17(14-23-18)21-28-19(2,3)20(4,5)29-21/h13-14,16H,6-12H2,1-5H3. The molecule has 0 saturated carbocycles. The van der Waals surface area contributed by atoms with Crippen molar-refractivity contribution >= 4 is 28.3 Å². The highest BCUT2D eigenvalue weighted by Crippen LogP contribution is 2.36. The molecule has 2 aliphatic heterocycles. The van der Waals surface area contributed by atoms with Crippen LogP contribution in [0.5, 0.6) is 0 Å². The zero-order valence-corrected chi connectivity index (χ0v) is 19.4. The third kappa shape index (κ3) is 5.03. The molecule has 1 aromatic heterocycles. The summed E-state index contributed by atoms with van der Waals surface area (Å²) in [6.07, 6.45) is 6.20. The van der Waals surface area contributed by atoms with E-state index >= 15 is 0 Å². The molecule has 10 heteroatoms. The zero-order valence-electron chi connectivity index (χ0n) is 18.6. The van der Waals surface area contributed by atoms with Crippen LogP contribution in [-0.2, 0) is 23.9 Å². The van der Waals surface area contributed by atoms with Crippen LogP contribution < -0.4 is 5.46 Å². The van der Waals surface area contributed by atoms with Crippen molar-refractivity contribution < 1.29 is 22.5 Å². The summed E-state index contributed by atoms with van der Waals surface area (Å²) in [5, 5.41) is -0.158. The van der Waals surface area contributed by atoms with E-state index in [2.05, 4.69) is 9.97 Å². The van der Waals surface area contributed by atoms with Gasteiger partial charge < -0.3 is 14.2 Å². The summed E-state index contributed by atoms with van der Waals surface area (Å²) in [6.45, 7) is 10.9. The molecule has 0 unspecified atom stereocenters. The maximum atomic E-state index is 12.6. The average molecular weight is 437 g/mol. The van der Waals surface area contributed by atoms with E-state index in [-0.39, 0.29) is 16.8 Å². The Morgan fingerprint density at radius 3 is 2.17 bits per heavy atom. The summed E-state index contributed by atoms with van der Waals surface area (Å²) in [6, 6.07) is 0. The SMILES string of the molecule is CC(=O)N1CCC(CCCS(=O)(=O)c2ncc(B3OC(C)(C)C(C)(C)O3)cn2)CC1. The van der Waals surface area contributed by atoms with Crippen LogP contribution in [0.2, 0.25) is 0 Å². The fourth-order valence-corrected chi connectivity index (χ4v) is 4.93. The minimum atomic E-state index is -3.54. The Balaban J connectivity index is 1.53. The fourth-order valence-electron chi connectivity index (χ4n) is 3.78. The molecule has 2 aliphatic rings. The van der Waals surface area contributed by atoms with Gasteiger partial charge in [0, 0.05) is 37.9 Å². The van der Waals surface area contributed by atoms with E-state index in [1.807, 2.05) is 32.6 Å². The van der Waals surface area contributed by atoms with Crippen molar-refractivity contribution in [1.82, 2.24) is 14.9 Å². The summed E-state index contributed by atoms with van der Waals surface area (Å²) < 4.78 is 37.1. The molecule has 8 nitrogen and oxygen atoms in total. The van der Waals surface area contributed by atoms with Crippen molar-refractivity contribution in [2.45, 2.75) is 76.7 Å². The highest BCUT2D eigenvalue weighted by molar-refractivity contribution is 7.91. The molecule has 3 rings (SSSR count). The molecule has 0 spiro atoms. The van der Waals surface area contributed by atoms with Crippen LogP contribution in [0, 0.1) is 5.92 Å². The number of sulfone groups is 1. The molecule has 2 saturated heterocycles. The molecule has 1 aromatic rings. The fraction of sp³-hybridized carbons (Fsp3) is 0.750. The Bertz CT molecular complexity index is 849. The summed E-state index contributed by atoms with van der Waals surface area (Å²) in [7, 11) is -4.16. The first-order valence-electron chi connectivity index (χ1n) is 10.6. The van der Waals surface area contributed by atoms with Gasteiger partial charge in [0.05, 0.1) is 17.0 Å². The predicted molar refractivity (Wildman–Crippen MR) is 114 cm³/mol. The van der Waals surface area contributed by atoms with Gasteiger partial charge in [0.1, 0.15) is 0 Å². The smallest absolute Gasteiger partial charge is 0.399 e. The molecule has 0 atom stereocenters. The van der Waals surface area contributed by atoms with Gasteiger partial charge in [0.2, 0.25) is 20.9 Å². The van der Waals surface area contributed by atoms with Crippen molar-refractivity contribution in [3.63, 3.8) is 0 Å². The molecular formula is C20H32BN3O5S. The van der Waals surface area contributed by atoms with Gasteiger partial charge >= 0.3 is 7.12 Å². The van der Waals surface area contributed by atoms with E-state index in [1.54, 1.807) is 6.92 Å². The van der Waals surface area contributed by atoms with E-state index in [0.717, 1.165) is 32.4 Å². The molecule has 0 N–H and O–H groups in total. The second-order valence-corrected chi connectivity index (χ2v) is 11.3. The first-order valence-corrected chi connectivity index (χ1v) is 12.2. The first kappa shape index (κ1) is 23.2. The maximum absolute atomic E-state index is 12.6. The number of carbonyl (C=O) groups is 1. The monoisotopic (exact) mass is 437 g/mol. The van der Waals surface area contributed by atoms with Crippen molar-refractivity contribution in [3.8, 4) is 0 Å². The van der Waals surface area contributed by atoms with E-state index in [0.29, 0.717) is 17.8 Å². The van der Waals surface area contributed by atoms with Crippen LogP contribution in [0.15, 0.2) is 17.6 Å². The van der Waals surface area contributed by atoms with Gasteiger partial charge in [0.25, 0.3) is 0 Å². The van der Waals surface area contributed by atoms with Gasteiger partial charge in [-0.1, -0.05) is 0 Å². The quantitative estimate of drug-likeness (QED) is 0.492. The number of amides is 1. The molecule has 0 bridgehead atoms. The largest absolute Gasteiger partial charge is 0.498 e. The number of aromatic nitrogens is 2. The molecule has 0 aromatic carbocycles. The minimum Gasteiger partial charge on any atom is -0.399 e. The molecule has 166 valence electrons. The highest BCUT2D eigenvalue weighted by Gasteiger charge is 2.52. The lowest BCUT2D eigenvalue weighted by Gasteiger charge is -2.32. The van der Waals surface area contributed by atoms with E-state index in [1.165, 1.54) is 12.4 Å². The van der Waals surface area contributed by atoms with Gasteiger partial charge in [-0.15, -0.1) is 0 Å². The Morgan fingerprint density at radius 2 is 1.67 bits per heavy atom. The van der Waals surface area contributed by atoms with Crippen LogP contribution in [0.4, 0.5) is 0 Å². The lowest BCUT2D eigenvalue weighted by molar-refractivity contribution is -0.130. The molecule has 2 fully saturated rings. The lowest BCUT2D eigenvalue weighted by atomic mass is 9.81. The van der Waals surface area contributed by atoms with Crippen molar-refractivity contribution in [2.24, 2.45) is 5.92 Å². The van der Waals surface area contributed by atoms with Crippen molar-refractivity contribution in [1.29, 1.82) is 0 Å². The van der Waals surface area contributed by atoms with E-state index in [9.17, 15) is 13.2 Å². The number of hydrogen-bond donors (Lipinski definition) is 0. The van der Waals surface area contributed by atoms with Gasteiger partial charge in [-0.2, -0.15) is 0 Å². The third-order valence-corrected chi connectivity index (χ3v) is 8.13. The van der Waals surface area contributed by atoms with E-state index < -0.39 is 28.2 Å². The Hall–Kier alpha value is -1.52.